The topological polar surface area (TPSA) is 113 Å². The van der Waals surface area contributed by atoms with Gasteiger partial charge >= 0.3 is 5.97 Å². The number of carbonyl (C=O) groups excluding carboxylic acids is 1. The number of amides is 1. The number of nitrogens with one attached hydrogen (secondary N) is 1. The Morgan fingerprint density at radius 3 is 2.40 bits per heavy atom. The van der Waals surface area contributed by atoms with E-state index in [0.717, 1.165) is 4.90 Å². The predicted octanol–water partition coefficient (Wildman–Crippen LogP) is -0.736. The number of rotatable bonds is 10. The first kappa shape index (κ1) is 18.8. The van der Waals surface area contributed by atoms with Crippen molar-refractivity contribution in [2.24, 2.45) is 0 Å². The molecule has 0 fully saturated rings. The number of carboxylic acids is 1. The lowest BCUT2D eigenvalue weighted by Crippen LogP contribution is -2.43. The zero-order valence-corrected chi connectivity index (χ0v) is 12.8. The Hall–Kier alpha value is -1.19. The van der Waals surface area contributed by atoms with Crippen LogP contribution >= 0.6 is 0 Å². The Morgan fingerprint density at radius 2 is 1.95 bits per heavy atom. The van der Waals surface area contributed by atoms with E-state index in [4.69, 9.17) is 9.84 Å². The summed E-state index contributed by atoms with van der Waals surface area (Å²) in [6.45, 7) is 4.52. The summed E-state index contributed by atoms with van der Waals surface area (Å²) in [5.74, 6) is -1.97. The average Bonchev–Trinajstić information content (AvgIpc) is 2.32. The molecule has 2 N–H and O–H groups in total. The Balaban J connectivity index is 4.23. The summed E-state index contributed by atoms with van der Waals surface area (Å²) in [6, 6.07) is 0. The Kier molecular flexibility index (Phi) is 8.35. The van der Waals surface area contributed by atoms with E-state index in [0.29, 0.717) is 0 Å². The molecule has 0 atom stereocenters. The van der Waals surface area contributed by atoms with Gasteiger partial charge in [0.05, 0.1) is 25.0 Å². The molecular formula is C11H22N2O6S. The molecule has 1 amide bonds. The number of hydrogen-bond acceptors (Lipinski definition) is 5. The van der Waals surface area contributed by atoms with Gasteiger partial charge in [-0.3, -0.25) is 9.59 Å². The number of carbonyl (C=O) groups is 2. The zero-order valence-electron chi connectivity index (χ0n) is 12.0. The van der Waals surface area contributed by atoms with Gasteiger partial charge < -0.3 is 14.7 Å². The maximum atomic E-state index is 11.6. The minimum atomic E-state index is -3.61. The fraction of sp³-hybridized carbons (Fsp3) is 0.818. The van der Waals surface area contributed by atoms with Crippen LogP contribution in [0.3, 0.4) is 0 Å². The van der Waals surface area contributed by atoms with Gasteiger partial charge in [0.1, 0.15) is 6.54 Å². The smallest absolute Gasteiger partial charge is 0.323 e. The second-order valence-electron chi connectivity index (χ2n) is 4.36. The van der Waals surface area contributed by atoms with Crippen LogP contribution in [0.4, 0.5) is 0 Å². The van der Waals surface area contributed by atoms with Crippen LogP contribution < -0.4 is 4.72 Å². The van der Waals surface area contributed by atoms with Crippen molar-refractivity contribution in [1.82, 2.24) is 9.62 Å². The molecule has 0 aliphatic carbocycles. The third-order valence-corrected chi connectivity index (χ3v) is 3.60. The van der Waals surface area contributed by atoms with Gasteiger partial charge in [-0.1, -0.05) is 0 Å². The van der Waals surface area contributed by atoms with Gasteiger partial charge in [0, 0.05) is 6.54 Å². The number of nitrogens with zero attached hydrogens (tertiary/aromatic N) is 1. The van der Waals surface area contributed by atoms with Gasteiger partial charge in [-0.25, -0.2) is 13.1 Å². The highest BCUT2D eigenvalue weighted by Crippen LogP contribution is 1.93. The zero-order chi connectivity index (χ0) is 15.8. The van der Waals surface area contributed by atoms with Crippen LogP contribution in [0.15, 0.2) is 0 Å². The molecule has 0 spiro atoms. The fourth-order valence-corrected chi connectivity index (χ4v) is 2.09. The fourth-order valence-electron chi connectivity index (χ4n) is 1.29. The third kappa shape index (κ3) is 8.83. The van der Waals surface area contributed by atoms with Crippen molar-refractivity contribution in [1.29, 1.82) is 0 Å². The maximum Gasteiger partial charge on any atom is 0.323 e. The Morgan fingerprint density at radius 1 is 1.35 bits per heavy atom. The van der Waals surface area contributed by atoms with Crippen LogP contribution in [0.1, 0.15) is 20.8 Å². The maximum absolute atomic E-state index is 11.6. The molecule has 0 aromatic carbocycles. The second kappa shape index (κ2) is 8.88. The summed E-state index contributed by atoms with van der Waals surface area (Å²) < 4.78 is 30.4. The Bertz CT molecular complexity index is 421. The van der Waals surface area contributed by atoms with Crippen molar-refractivity contribution in [3.05, 3.63) is 0 Å². The number of ether oxygens (including phenoxy) is 1. The molecule has 0 unspecified atom stereocenters. The standard InChI is InChI=1S/C11H22N2O6S/c1-4-13(8-11(15)16)10(14)7-12-20(17,18)6-5-19-9(2)3/h9,12H,4-8H2,1-3H3,(H,15,16). The number of carboxylic acid groups (broad SMARTS) is 1. The third-order valence-electron chi connectivity index (χ3n) is 2.31. The highest BCUT2D eigenvalue weighted by Gasteiger charge is 2.18. The highest BCUT2D eigenvalue weighted by molar-refractivity contribution is 7.89. The lowest BCUT2D eigenvalue weighted by atomic mass is 10.4. The van der Waals surface area contributed by atoms with Crippen molar-refractivity contribution in [3.63, 3.8) is 0 Å². The Labute approximate surface area is 119 Å². The van der Waals surface area contributed by atoms with Crippen LogP contribution in [-0.4, -0.2) is 68.4 Å². The van der Waals surface area contributed by atoms with Crippen molar-refractivity contribution in [2.45, 2.75) is 26.9 Å². The minimum Gasteiger partial charge on any atom is -0.480 e. The number of hydrogen-bond donors (Lipinski definition) is 2. The lowest BCUT2D eigenvalue weighted by molar-refractivity contribution is -0.143. The monoisotopic (exact) mass is 310 g/mol. The van der Waals surface area contributed by atoms with Crippen LogP contribution in [-0.2, 0) is 24.3 Å². The number of sulfonamides is 1. The highest BCUT2D eigenvalue weighted by atomic mass is 32.2. The van der Waals surface area contributed by atoms with E-state index in [9.17, 15) is 18.0 Å². The first-order valence-electron chi connectivity index (χ1n) is 6.26. The van der Waals surface area contributed by atoms with Gasteiger partial charge in [-0.15, -0.1) is 0 Å². The first-order chi connectivity index (χ1) is 9.18. The van der Waals surface area contributed by atoms with Crippen LogP contribution in [0.25, 0.3) is 0 Å². The summed E-state index contributed by atoms with van der Waals surface area (Å²) in [5.41, 5.74) is 0. The molecule has 0 saturated heterocycles. The summed E-state index contributed by atoms with van der Waals surface area (Å²) in [5, 5.41) is 8.61. The molecule has 0 heterocycles. The van der Waals surface area contributed by atoms with Gasteiger partial charge in [0.15, 0.2) is 0 Å². The molecule has 0 bridgehead atoms. The van der Waals surface area contributed by atoms with E-state index >= 15 is 0 Å². The van der Waals surface area contributed by atoms with Gasteiger partial charge in [-0.05, 0) is 20.8 Å². The normalized spacial score (nSPS) is 11.6. The van der Waals surface area contributed by atoms with Crippen molar-refractivity contribution >= 4 is 21.9 Å². The molecule has 118 valence electrons. The molecule has 8 nitrogen and oxygen atoms in total. The summed E-state index contributed by atoms with van der Waals surface area (Å²) >= 11 is 0. The van der Waals surface area contributed by atoms with Crippen molar-refractivity contribution < 1.29 is 27.9 Å². The molecule has 0 aromatic rings. The minimum absolute atomic E-state index is 0.0355. The van der Waals surface area contributed by atoms with E-state index < -0.39 is 35.0 Å². The number of aliphatic carboxylic acids is 1. The van der Waals surface area contributed by atoms with Gasteiger partial charge in [0.25, 0.3) is 0 Å². The molecule has 0 aliphatic heterocycles. The molecule has 9 heteroatoms. The second-order valence-corrected chi connectivity index (χ2v) is 6.29. The largest absolute Gasteiger partial charge is 0.480 e. The van der Waals surface area contributed by atoms with E-state index in [1.807, 2.05) is 0 Å². The molecule has 0 rings (SSSR count). The summed E-state index contributed by atoms with van der Waals surface area (Å²) in [7, 11) is -3.61. The quantitative estimate of drug-likeness (QED) is 0.550. The van der Waals surface area contributed by atoms with E-state index in [-0.39, 0.29) is 25.0 Å². The van der Waals surface area contributed by atoms with E-state index in [1.165, 1.54) is 0 Å². The molecule has 0 saturated carbocycles. The van der Waals surface area contributed by atoms with E-state index in [1.54, 1.807) is 20.8 Å². The predicted molar refractivity (Wildman–Crippen MR) is 72.8 cm³/mol. The van der Waals surface area contributed by atoms with Gasteiger partial charge in [0.2, 0.25) is 15.9 Å². The van der Waals surface area contributed by atoms with Crippen molar-refractivity contribution in [2.75, 3.05) is 32.0 Å². The number of likely N-dealkylation sites (N-methyl/N-ethyl adjacent to an activating group) is 1. The summed E-state index contributed by atoms with van der Waals surface area (Å²) in [4.78, 5) is 23.2. The van der Waals surface area contributed by atoms with Crippen LogP contribution in [0.2, 0.25) is 0 Å². The SMILES string of the molecule is CCN(CC(=O)O)C(=O)CNS(=O)(=O)CCOC(C)C. The first-order valence-corrected chi connectivity index (χ1v) is 7.91. The van der Waals surface area contributed by atoms with Crippen LogP contribution in [0.5, 0.6) is 0 Å². The van der Waals surface area contributed by atoms with E-state index in [2.05, 4.69) is 4.72 Å². The molecule has 0 radical (unpaired) electrons. The molecule has 0 aromatic heterocycles. The summed E-state index contributed by atoms with van der Waals surface area (Å²) in [6.07, 6.45) is -0.0713. The van der Waals surface area contributed by atoms with Crippen LogP contribution in [0, 0.1) is 0 Å². The van der Waals surface area contributed by atoms with Crippen molar-refractivity contribution in [3.8, 4) is 0 Å². The molecular weight excluding hydrogens is 288 g/mol. The van der Waals surface area contributed by atoms with Gasteiger partial charge in [-0.2, -0.15) is 0 Å². The molecule has 0 aliphatic rings. The average molecular weight is 310 g/mol. The lowest BCUT2D eigenvalue weighted by Gasteiger charge is -2.18. The molecule has 20 heavy (non-hydrogen) atoms.